The Bertz CT molecular complexity index is 1270. The fraction of sp³-hybridized carbons (Fsp3) is 0.333. The van der Waals surface area contributed by atoms with Crippen molar-refractivity contribution in [3.05, 3.63) is 47.0 Å². The van der Waals surface area contributed by atoms with Crippen molar-refractivity contribution in [2.75, 3.05) is 12.3 Å². The smallest absolute Gasteiger partial charge is 0.387 e. The molecule has 3 rings (SSSR count). The molecule has 0 saturated carbocycles. The van der Waals surface area contributed by atoms with E-state index in [9.17, 15) is 33.6 Å². The number of phosphoric acid groups is 3. The van der Waals surface area contributed by atoms with Crippen LogP contribution in [0.15, 0.2) is 41.3 Å². The summed E-state index contributed by atoms with van der Waals surface area (Å²) in [5, 5.41) is 20.6. The van der Waals surface area contributed by atoms with Crippen molar-refractivity contribution in [2.45, 2.75) is 24.5 Å². The van der Waals surface area contributed by atoms with Crippen molar-refractivity contribution in [3.8, 4) is 11.1 Å². The van der Waals surface area contributed by atoms with Crippen molar-refractivity contribution in [1.82, 2.24) is 9.55 Å². The Morgan fingerprint density at radius 3 is 2.23 bits per heavy atom. The molecule has 1 aromatic carbocycles. The van der Waals surface area contributed by atoms with Gasteiger partial charge in [-0.05, 0) is 5.56 Å². The monoisotopic (exact) mass is 559 g/mol. The van der Waals surface area contributed by atoms with Gasteiger partial charge < -0.3 is 40.3 Å². The van der Waals surface area contributed by atoms with Crippen LogP contribution in [0.4, 0.5) is 5.82 Å². The van der Waals surface area contributed by atoms with Gasteiger partial charge in [0.25, 0.3) is 0 Å². The number of anilines is 1. The standard InChI is InChI=1S/C15H20N3O14P3/c16-13-9(8-4-2-1-3-5-8)6-18(15(21)17-13)14-12(20)11(19)10(30-14)7-29-34(25,26)32-35(27,28)31-33(22,23)24/h1-6,10-12,14,19-20H,7H2,(H,25,26)(H,27,28)(H2,16,17,21)(H2,22,23,24)/t10-,11?,12?,14-/m1/s1. The number of aliphatic hydroxyl groups is 2. The maximum absolute atomic E-state index is 12.4. The Hall–Kier alpha value is -1.81. The molecule has 194 valence electrons. The maximum Gasteiger partial charge on any atom is 0.490 e. The fourth-order valence-corrected chi connectivity index (χ4v) is 6.10. The first-order valence-corrected chi connectivity index (χ1v) is 13.8. The molecular weight excluding hydrogens is 539 g/mol. The number of aliphatic hydroxyl groups excluding tert-OH is 2. The third-order valence-corrected chi connectivity index (χ3v) is 8.30. The van der Waals surface area contributed by atoms with Gasteiger partial charge in [0, 0.05) is 11.8 Å². The van der Waals surface area contributed by atoms with E-state index < -0.39 is 60.3 Å². The van der Waals surface area contributed by atoms with E-state index in [1.165, 1.54) is 6.20 Å². The van der Waals surface area contributed by atoms with E-state index in [4.69, 9.17) is 25.2 Å². The minimum Gasteiger partial charge on any atom is -0.387 e. The number of rotatable bonds is 9. The lowest BCUT2D eigenvalue weighted by molar-refractivity contribution is -0.0540. The van der Waals surface area contributed by atoms with Gasteiger partial charge in [-0.25, -0.2) is 18.5 Å². The summed E-state index contributed by atoms with van der Waals surface area (Å²) in [5.41, 5.74) is 5.74. The predicted molar refractivity (Wildman–Crippen MR) is 114 cm³/mol. The van der Waals surface area contributed by atoms with Crippen LogP contribution in [-0.2, 0) is 31.6 Å². The second kappa shape index (κ2) is 10.3. The molecule has 35 heavy (non-hydrogen) atoms. The molecule has 1 aliphatic rings. The molecule has 0 amide bonds. The van der Waals surface area contributed by atoms with Crippen molar-refractivity contribution in [3.63, 3.8) is 0 Å². The quantitative estimate of drug-likeness (QED) is 0.190. The number of nitrogens with two attached hydrogens (primary N) is 1. The van der Waals surface area contributed by atoms with Gasteiger partial charge in [-0.1, -0.05) is 30.3 Å². The summed E-state index contributed by atoms with van der Waals surface area (Å²) < 4.78 is 51.7. The molecule has 0 bridgehead atoms. The summed E-state index contributed by atoms with van der Waals surface area (Å²) in [6.07, 6.45) is -5.47. The topological polar surface area (TPSA) is 270 Å². The van der Waals surface area contributed by atoms with Crippen LogP contribution < -0.4 is 11.4 Å². The van der Waals surface area contributed by atoms with Crippen LogP contribution in [0.1, 0.15) is 6.23 Å². The highest BCUT2D eigenvalue weighted by molar-refractivity contribution is 7.66. The summed E-state index contributed by atoms with van der Waals surface area (Å²) >= 11 is 0. The van der Waals surface area contributed by atoms with Gasteiger partial charge in [-0.3, -0.25) is 9.09 Å². The Kier molecular flexibility index (Phi) is 8.16. The van der Waals surface area contributed by atoms with Crippen molar-refractivity contribution < 1.29 is 61.4 Å². The van der Waals surface area contributed by atoms with E-state index in [1.54, 1.807) is 30.3 Å². The molecule has 2 heterocycles. The van der Waals surface area contributed by atoms with Crippen LogP contribution in [0.2, 0.25) is 0 Å². The van der Waals surface area contributed by atoms with E-state index >= 15 is 0 Å². The van der Waals surface area contributed by atoms with Gasteiger partial charge >= 0.3 is 29.2 Å². The van der Waals surface area contributed by atoms with E-state index in [1.807, 2.05) is 0 Å². The average Bonchev–Trinajstić information content (AvgIpc) is 2.99. The molecule has 6 atom stereocenters. The summed E-state index contributed by atoms with van der Waals surface area (Å²) in [5.74, 6) is -0.116. The third kappa shape index (κ3) is 7.12. The number of nitrogen functional groups attached to an aromatic ring is 1. The zero-order valence-electron chi connectivity index (χ0n) is 17.2. The molecule has 2 aromatic rings. The number of benzene rings is 1. The minimum absolute atomic E-state index is 0.116. The third-order valence-electron chi connectivity index (χ3n) is 4.50. The molecule has 1 saturated heterocycles. The molecule has 4 unspecified atom stereocenters. The Morgan fingerprint density at radius 1 is 1.00 bits per heavy atom. The van der Waals surface area contributed by atoms with Crippen molar-refractivity contribution in [2.24, 2.45) is 0 Å². The summed E-state index contributed by atoms with van der Waals surface area (Å²) in [6.45, 7) is -1.04. The molecule has 17 nitrogen and oxygen atoms in total. The second-order valence-electron chi connectivity index (χ2n) is 7.03. The highest BCUT2D eigenvalue weighted by atomic mass is 31.3. The largest absolute Gasteiger partial charge is 0.490 e. The van der Waals surface area contributed by atoms with Crippen LogP contribution >= 0.6 is 23.5 Å². The molecule has 1 aliphatic heterocycles. The normalized spacial score (nSPS) is 26.2. The van der Waals surface area contributed by atoms with Gasteiger partial charge in [-0.2, -0.15) is 13.6 Å². The lowest BCUT2D eigenvalue weighted by atomic mass is 10.1. The molecule has 1 aromatic heterocycles. The average molecular weight is 559 g/mol. The second-order valence-corrected chi connectivity index (χ2v) is 11.4. The molecule has 0 spiro atoms. The van der Waals surface area contributed by atoms with E-state index in [0.29, 0.717) is 11.1 Å². The fourth-order valence-electron chi connectivity index (χ4n) is 3.07. The number of phosphoric ester groups is 1. The van der Waals surface area contributed by atoms with Crippen LogP contribution in [-0.4, -0.2) is 64.3 Å². The Balaban J connectivity index is 1.76. The summed E-state index contributed by atoms with van der Waals surface area (Å²) in [4.78, 5) is 51.8. The molecule has 1 fully saturated rings. The predicted octanol–water partition coefficient (Wildman–Crippen LogP) is -0.545. The molecule has 0 radical (unpaired) electrons. The van der Waals surface area contributed by atoms with Gasteiger partial charge in [0.05, 0.1) is 6.61 Å². The first-order valence-electron chi connectivity index (χ1n) is 9.32. The molecular formula is C15H20N3O14P3. The van der Waals surface area contributed by atoms with Gasteiger partial charge in [0.2, 0.25) is 0 Å². The van der Waals surface area contributed by atoms with Gasteiger partial charge in [0.1, 0.15) is 24.1 Å². The van der Waals surface area contributed by atoms with Gasteiger partial charge in [0.15, 0.2) is 6.23 Å². The zero-order valence-corrected chi connectivity index (χ0v) is 19.9. The van der Waals surface area contributed by atoms with Crippen molar-refractivity contribution >= 4 is 29.3 Å². The number of ether oxygens (including phenoxy) is 1. The number of hydrogen-bond donors (Lipinski definition) is 7. The SMILES string of the molecule is Nc1nc(=O)n([C@@H]2O[C@H](COP(=O)(O)OP(=O)(O)OP(=O)(O)O)C(O)C2O)cc1-c1ccccc1. The first kappa shape index (κ1) is 27.8. The lowest BCUT2D eigenvalue weighted by Gasteiger charge is -2.19. The summed E-state index contributed by atoms with van der Waals surface area (Å²) in [7, 11) is -16.8. The zero-order chi connectivity index (χ0) is 26.2. The molecule has 20 heteroatoms. The first-order chi connectivity index (χ1) is 16.1. The van der Waals surface area contributed by atoms with Crippen molar-refractivity contribution in [1.29, 1.82) is 0 Å². The van der Waals surface area contributed by atoms with Crippen LogP contribution in [0, 0.1) is 0 Å². The van der Waals surface area contributed by atoms with Crippen LogP contribution in [0.3, 0.4) is 0 Å². The Morgan fingerprint density at radius 2 is 1.63 bits per heavy atom. The molecule has 8 N–H and O–H groups in total. The van der Waals surface area contributed by atoms with Crippen LogP contribution in [0.25, 0.3) is 11.1 Å². The highest BCUT2D eigenvalue weighted by Crippen LogP contribution is 2.66. The van der Waals surface area contributed by atoms with Gasteiger partial charge in [-0.15, -0.1) is 0 Å². The lowest BCUT2D eigenvalue weighted by Crippen LogP contribution is -2.36. The Labute approximate surface area is 195 Å². The highest BCUT2D eigenvalue weighted by Gasteiger charge is 2.47. The molecule has 0 aliphatic carbocycles. The number of hydrogen-bond acceptors (Lipinski definition) is 12. The maximum atomic E-state index is 12.4. The minimum atomic E-state index is -5.75. The van der Waals surface area contributed by atoms with Crippen LogP contribution in [0.5, 0.6) is 0 Å². The van der Waals surface area contributed by atoms with E-state index in [-0.39, 0.29) is 5.82 Å². The summed E-state index contributed by atoms with van der Waals surface area (Å²) in [6, 6.07) is 8.50. The van der Waals surface area contributed by atoms with E-state index in [2.05, 4.69) is 18.1 Å². The number of aromatic nitrogens is 2. The number of nitrogens with zero attached hydrogens (tertiary/aromatic N) is 2. The van der Waals surface area contributed by atoms with E-state index in [0.717, 1.165) is 4.57 Å².